The molecule has 0 aliphatic rings. The maximum Gasteiger partial charge on any atom is 0.408 e. The summed E-state index contributed by atoms with van der Waals surface area (Å²) in [6.45, 7) is 3.51. The number of carbonyl (C=O) groups is 1. The minimum atomic E-state index is -4.24. The topological polar surface area (TPSA) is 125 Å². The summed E-state index contributed by atoms with van der Waals surface area (Å²) in [5, 5.41) is 22.0. The van der Waals surface area contributed by atoms with Gasteiger partial charge in [-0.3, -0.25) is 0 Å². The van der Waals surface area contributed by atoms with Gasteiger partial charge in [0, 0.05) is 12.6 Å². The summed E-state index contributed by atoms with van der Waals surface area (Å²) in [5.74, 6) is 0. The van der Waals surface area contributed by atoms with Crippen LogP contribution in [0, 0.1) is 0 Å². The third kappa shape index (κ3) is 15.7. The van der Waals surface area contributed by atoms with Crippen molar-refractivity contribution in [1.82, 2.24) is 10.0 Å². The lowest BCUT2D eigenvalue weighted by atomic mass is 10.0. The highest BCUT2D eigenvalue weighted by atomic mass is 32.2. The summed E-state index contributed by atoms with van der Waals surface area (Å²) in [4.78, 5) is 12.3. The van der Waals surface area contributed by atoms with Crippen LogP contribution in [-0.2, 0) is 21.3 Å². The highest BCUT2D eigenvalue weighted by Crippen LogP contribution is 2.17. The Balaban J connectivity index is 2.45. The number of sulfonamides is 1. The number of carbonyl (C=O) groups excluding carboxylic acids is 1. The lowest BCUT2D eigenvalue weighted by molar-refractivity contribution is 0.0110. The van der Waals surface area contributed by atoms with Gasteiger partial charge >= 0.3 is 6.09 Å². The van der Waals surface area contributed by atoms with Crippen molar-refractivity contribution in [2.45, 2.75) is 134 Å². The van der Waals surface area contributed by atoms with Gasteiger partial charge in [0.1, 0.15) is 6.10 Å². The van der Waals surface area contributed by atoms with Crippen LogP contribution in [0.25, 0.3) is 0 Å². The molecule has 0 saturated carbocycles. The van der Waals surface area contributed by atoms with Crippen LogP contribution in [-0.4, -0.2) is 48.9 Å². The number of rotatable bonds is 23. The zero-order valence-electron chi connectivity index (χ0n) is 23.6. The van der Waals surface area contributed by atoms with Crippen molar-refractivity contribution < 1.29 is 28.2 Å². The summed E-state index contributed by atoms with van der Waals surface area (Å²) in [6.07, 6.45) is 14.2. The second kappa shape index (κ2) is 21.2. The largest absolute Gasteiger partial charge is 0.425 e. The molecule has 0 spiro atoms. The van der Waals surface area contributed by atoms with Crippen molar-refractivity contribution in [3.63, 3.8) is 0 Å². The van der Waals surface area contributed by atoms with E-state index in [0.29, 0.717) is 12.8 Å². The fourth-order valence-corrected chi connectivity index (χ4v) is 6.04. The molecule has 0 bridgehead atoms. The fourth-order valence-electron chi connectivity index (χ4n) is 4.49. The Hall–Kier alpha value is -1.68. The van der Waals surface area contributed by atoms with E-state index in [9.17, 15) is 23.4 Å². The van der Waals surface area contributed by atoms with E-state index in [0.717, 1.165) is 31.2 Å². The second-order valence-corrected chi connectivity index (χ2v) is 12.0. The highest BCUT2D eigenvalue weighted by Gasteiger charge is 2.37. The van der Waals surface area contributed by atoms with Crippen LogP contribution in [0.3, 0.4) is 0 Å². The first-order valence-electron chi connectivity index (χ1n) is 14.6. The zero-order valence-corrected chi connectivity index (χ0v) is 24.4. The van der Waals surface area contributed by atoms with E-state index in [4.69, 9.17) is 4.74 Å². The van der Waals surface area contributed by atoms with Crippen molar-refractivity contribution in [3.05, 3.63) is 35.9 Å². The summed E-state index contributed by atoms with van der Waals surface area (Å²) in [5.41, 5.74) is -1.10. The Labute approximate surface area is 231 Å². The monoisotopic (exact) mass is 556 g/mol. The van der Waals surface area contributed by atoms with E-state index < -0.39 is 34.3 Å². The molecule has 3 unspecified atom stereocenters. The van der Waals surface area contributed by atoms with Crippen molar-refractivity contribution in [2.75, 3.05) is 6.61 Å². The first-order chi connectivity index (χ1) is 18.3. The van der Waals surface area contributed by atoms with E-state index in [-0.39, 0.29) is 12.6 Å². The second-order valence-electron chi connectivity index (χ2n) is 10.2. The predicted molar refractivity (Wildman–Crippen MR) is 153 cm³/mol. The van der Waals surface area contributed by atoms with Gasteiger partial charge in [0.05, 0.1) is 6.61 Å². The molecule has 9 heteroatoms. The summed E-state index contributed by atoms with van der Waals surface area (Å²) in [7, 11) is -4.24. The molecule has 0 heterocycles. The molecule has 0 radical (unpaired) electrons. The summed E-state index contributed by atoms with van der Waals surface area (Å²) in [6, 6.07) is 8.78. The molecule has 0 saturated heterocycles. The molecule has 0 aromatic heterocycles. The number of aliphatic hydroxyl groups excluding tert-OH is 2. The predicted octanol–water partition coefficient (Wildman–Crippen LogP) is 5.77. The van der Waals surface area contributed by atoms with Gasteiger partial charge in [-0.15, -0.1) is 0 Å². The van der Waals surface area contributed by atoms with Crippen LogP contribution in [0.1, 0.15) is 116 Å². The van der Waals surface area contributed by atoms with Gasteiger partial charge < -0.3 is 20.3 Å². The Morgan fingerprint density at radius 2 is 1.39 bits per heavy atom. The van der Waals surface area contributed by atoms with Crippen molar-refractivity contribution in [3.8, 4) is 0 Å². The quantitative estimate of drug-likeness (QED) is 0.127. The van der Waals surface area contributed by atoms with E-state index in [1.54, 1.807) is 0 Å². The lowest BCUT2D eigenvalue weighted by Gasteiger charge is -2.25. The zero-order chi connectivity index (χ0) is 28.1. The van der Waals surface area contributed by atoms with Gasteiger partial charge in [0.25, 0.3) is 10.0 Å². The van der Waals surface area contributed by atoms with E-state index in [1.807, 2.05) is 37.3 Å². The van der Waals surface area contributed by atoms with Crippen LogP contribution in [0.5, 0.6) is 0 Å². The lowest BCUT2D eigenvalue weighted by Crippen LogP contribution is -2.50. The molecule has 38 heavy (non-hydrogen) atoms. The molecule has 0 fully saturated rings. The summed E-state index contributed by atoms with van der Waals surface area (Å²) < 4.78 is 33.8. The van der Waals surface area contributed by atoms with Crippen LogP contribution >= 0.6 is 0 Å². The molecule has 0 aliphatic carbocycles. The number of nitrogens with one attached hydrogen (secondary N) is 2. The molecule has 0 aliphatic heterocycles. The van der Waals surface area contributed by atoms with Gasteiger partial charge in [0.2, 0.25) is 5.44 Å². The highest BCUT2D eigenvalue weighted by molar-refractivity contribution is 7.90. The first kappa shape index (κ1) is 34.3. The van der Waals surface area contributed by atoms with E-state index in [1.165, 1.54) is 57.8 Å². The van der Waals surface area contributed by atoms with E-state index in [2.05, 4.69) is 17.0 Å². The van der Waals surface area contributed by atoms with Crippen LogP contribution in [0.4, 0.5) is 4.79 Å². The molecular formula is C29H52N2O6S. The Morgan fingerprint density at radius 3 is 1.92 bits per heavy atom. The van der Waals surface area contributed by atoms with Crippen molar-refractivity contribution in [2.24, 2.45) is 0 Å². The van der Waals surface area contributed by atoms with Crippen LogP contribution in [0.15, 0.2) is 30.3 Å². The van der Waals surface area contributed by atoms with Gasteiger partial charge in [-0.05, 0) is 18.4 Å². The third-order valence-electron chi connectivity index (χ3n) is 6.68. The molecular weight excluding hydrogens is 504 g/mol. The van der Waals surface area contributed by atoms with Crippen LogP contribution in [0.2, 0.25) is 0 Å². The number of aliphatic hydroxyl groups is 2. The smallest absolute Gasteiger partial charge is 0.408 e. The van der Waals surface area contributed by atoms with Gasteiger partial charge in [-0.1, -0.05) is 128 Å². The molecule has 4 N–H and O–H groups in total. The number of alkyl carbamates (subject to hydrolysis) is 1. The number of ether oxygens (including phenoxy) is 1. The molecule has 1 aromatic rings. The maximum absolute atomic E-state index is 13.1. The molecule has 3 atom stereocenters. The Morgan fingerprint density at radius 1 is 0.842 bits per heavy atom. The summed E-state index contributed by atoms with van der Waals surface area (Å²) >= 11 is 0. The Bertz CT molecular complexity index is 822. The molecule has 1 aromatic carbocycles. The fraction of sp³-hybridized carbons (Fsp3) is 0.759. The average Bonchev–Trinajstić information content (AvgIpc) is 2.91. The number of hydrogen-bond donors (Lipinski definition) is 4. The van der Waals surface area contributed by atoms with Crippen LogP contribution < -0.4 is 10.0 Å². The number of amides is 1. The number of unbranched alkanes of at least 4 members (excludes halogenated alkanes) is 11. The maximum atomic E-state index is 13.1. The van der Waals surface area contributed by atoms with Crippen molar-refractivity contribution in [1.29, 1.82) is 0 Å². The third-order valence-corrected chi connectivity index (χ3v) is 8.37. The SMILES string of the molecule is CCCCCCCCCCCCCCC(CCC)NS(=O)(=O)C(OC(=O)NCc1ccccc1)C(O)CO. The standard InChI is InChI=1S/C29H52N2O6S/c1-3-5-6-7-8-9-10-11-12-13-14-18-22-26(19-4-2)31-38(35,36)28(27(33)24-32)37-29(34)30-23-25-20-16-15-17-21-25/h15-17,20-21,26-28,31-33H,3-14,18-19,22-24H2,1-2H3,(H,30,34). The normalized spacial score (nSPS) is 14.1. The van der Waals surface area contributed by atoms with Gasteiger partial charge in [0.15, 0.2) is 0 Å². The van der Waals surface area contributed by atoms with Gasteiger partial charge in [-0.2, -0.15) is 0 Å². The molecule has 8 nitrogen and oxygen atoms in total. The first-order valence-corrected chi connectivity index (χ1v) is 16.2. The van der Waals surface area contributed by atoms with Gasteiger partial charge in [-0.25, -0.2) is 17.9 Å². The van der Waals surface area contributed by atoms with E-state index >= 15 is 0 Å². The number of benzene rings is 1. The minimum absolute atomic E-state index is 0.145. The average molecular weight is 557 g/mol. The molecule has 1 rings (SSSR count). The minimum Gasteiger partial charge on any atom is -0.425 e. The molecule has 220 valence electrons. The van der Waals surface area contributed by atoms with Crippen molar-refractivity contribution >= 4 is 16.1 Å². The number of hydrogen-bond acceptors (Lipinski definition) is 6. The Kier molecular flexibility index (Phi) is 19.1. The molecule has 1 amide bonds.